The van der Waals surface area contributed by atoms with E-state index in [4.69, 9.17) is 10.3 Å². The Balaban J connectivity index is 2.37. The number of aromatic nitrogens is 2. The first kappa shape index (κ1) is 11.7. The first-order valence-electron chi connectivity index (χ1n) is 5.42. The third-order valence-electron chi connectivity index (χ3n) is 2.65. The molecule has 0 spiro atoms. The van der Waals surface area contributed by atoms with Gasteiger partial charge in [-0.1, -0.05) is 12.1 Å². The van der Waals surface area contributed by atoms with E-state index in [-0.39, 0.29) is 11.7 Å². The van der Waals surface area contributed by atoms with Gasteiger partial charge in [0, 0.05) is 18.0 Å². The Bertz CT molecular complexity index is 524. The lowest BCUT2D eigenvalue weighted by atomic mass is 10.1. The molecule has 0 bridgehead atoms. The molecule has 0 radical (unpaired) electrons. The van der Waals surface area contributed by atoms with Gasteiger partial charge in [0.25, 0.3) is 5.89 Å². The fourth-order valence-electron chi connectivity index (χ4n) is 1.52. The second kappa shape index (κ2) is 4.63. The van der Waals surface area contributed by atoms with Crippen LogP contribution in [-0.2, 0) is 0 Å². The predicted molar refractivity (Wildman–Crippen MR) is 61.9 cm³/mol. The molecule has 2 aromatic rings. The van der Waals surface area contributed by atoms with Crippen LogP contribution in [0.4, 0.5) is 4.39 Å². The minimum absolute atomic E-state index is 0.0493. The zero-order valence-corrected chi connectivity index (χ0v) is 9.77. The Hall–Kier alpha value is -1.75. The average molecular weight is 235 g/mol. The van der Waals surface area contributed by atoms with Crippen molar-refractivity contribution in [1.29, 1.82) is 0 Å². The fraction of sp³-hybridized carbons (Fsp3) is 0.333. The van der Waals surface area contributed by atoms with Crippen LogP contribution in [0.25, 0.3) is 11.5 Å². The molecular weight excluding hydrogens is 221 g/mol. The number of rotatable bonds is 3. The molecule has 1 atom stereocenters. The number of benzene rings is 1. The molecule has 0 fully saturated rings. The molecule has 1 aromatic heterocycles. The van der Waals surface area contributed by atoms with Crippen LogP contribution in [0.1, 0.15) is 24.2 Å². The Morgan fingerprint density at radius 2 is 2.24 bits per heavy atom. The molecule has 0 aliphatic heterocycles. The summed E-state index contributed by atoms with van der Waals surface area (Å²) < 4.78 is 18.1. The first-order valence-corrected chi connectivity index (χ1v) is 5.42. The summed E-state index contributed by atoms with van der Waals surface area (Å²) >= 11 is 0. The zero-order valence-electron chi connectivity index (χ0n) is 9.77. The molecule has 1 unspecified atom stereocenters. The van der Waals surface area contributed by atoms with Gasteiger partial charge in [-0.2, -0.15) is 4.98 Å². The van der Waals surface area contributed by atoms with E-state index in [1.807, 2.05) is 6.92 Å². The maximum absolute atomic E-state index is 13.0. The predicted octanol–water partition coefficient (Wildman–Crippen LogP) is 2.25. The molecule has 17 heavy (non-hydrogen) atoms. The summed E-state index contributed by atoms with van der Waals surface area (Å²) in [6, 6.07) is 4.44. The third-order valence-corrected chi connectivity index (χ3v) is 2.65. The summed E-state index contributed by atoms with van der Waals surface area (Å²) in [5.41, 5.74) is 7.04. The van der Waals surface area contributed by atoms with Gasteiger partial charge in [0.2, 0.25) is 0 Å². The normalized spacial score (nSPS) is 12.7. The van der Waals surface area contributed by atoms with E-state index in [0.717, 1.165) is 11.1 Å². The lowest BCUT2D eigenvalue weighted by Crippen LogP contribution is -2.10. The smallest absolute Gasteiger partial charge is 0.258 e. The number of nitrogens with zero attached hydrogens (tertiary/aromatic N) is 2. The number of aryl methyl sites for hydroxylation is 1. The number of hydrogen-bond donors (Lipinski definition) is 1. The lowest BCUT2D eigenvalue weighted by molar-refractivity contribution is 0.417. The number of nitrogens with two attached hydrogens (primary N) is 1. The molecule has 0 saturated carbocycles. The third kappa shape index (κ3) is 2.34. The molecule has 0 saturated heterocycles. The van der Waals surface area contributed by atoms with E-state index in [2.05, 4.69) is 10.1 Å². The molecule has 90 valence electrons. The van der Waals surface area contributed by atoms with Gasteiger partial charge in [-0.25, -0.2) is 4.39 Å². The van der Waals surface area contributed by atoms with Crippen LogP contribution in [-0.4, -0.2) is 16.7 Å². The van der Waals surface area contributed by atoms with Crippen molar-refractivity contribution >= 4 is 0 Å². The Morgan fingerprint density at radius 3 is 2.88 bits per heavy atom. The first-order chi connectivity index (χ1) is 8.11. The standard InChI is InChI=1S/C12H14FN3O/c1-7-5-9(13)3-4-10(7)12-15-11(16-17-12)8(2)6-14/h3-5,8H,6,14H2,1-2H3. The van der Waals surface area contributed by atoms with E-state index < -0.39 is 0 Å². The molecule has 1 aromatic carbocycles. The molecule has 0 aliphatic rings. The Morgan fingerprint density at radius 1 is 1.47 bits per heavy atom. The zero-order chi connectivity index (χ0) is 12.4. The van der Waals surface area contributed by atoms with Crippen molar-refractivity contribution in [1.82, 2.24) is 10.1 Å². The van der Waals surface area contributed by atoms with Gasteiger partial charge in [-0.15, -0.1) is 0 Å². The molecule has 2 rings (SSSR count). The largest absolute Gasteiger partial charge is 0.334 e. The summed E-state index contributed by atoms with van der Waals surface area (Å²) in [7, 11) is 0. The maximum Gasteiger partial charge on any atom is 0.258 e. The maximum atomic E-state index is 13.0. The second-order valence-electron chi connectivity index (χ2n) is 4.05. The van der Waals surface area contributed by atoms with E-state index in [0.29, 0.717) is 18.3 Å². The van der Waals surface area contributed by atoms with Crippen molar-refractivity contribution in [3.05, 3.63) is 35.4 Å². The van der Waals surface area contributed by atoms with Crippen molar-refractivity contribution in [2.24, 2.45) is 5.73 Å². The van der Waals surface area contributed by atoms with E-state index in [9.17, 15) is 4.39 Å². The quantitative estimate of drug-likeness (QED) is 0.886. The molecule has 1 heterocycles. The van der Waals surface area contributed by atoms with Gasteiger partial charge >= 0.3 is 0 Å². The highest BCUT2D eigenvalue weighted by Crippen LogP contribution is 2.23. The van der Waals surface area contributed by atoms with Crippen LogP contribution in [0.5, 0.6) is 0 Å². The van der Waals surface area contributed by atoms with Gasteiger partial charge in [0.05, 0.1) is 0 Å². The summed E-state index contributed by atoms with van der Waals surface area (Å²) in [5.74, 6) is 0.749. The SMILES string of the molecule is Cc1cc(F)ccc1-c1nc(C(C)CN)no1. The highest BCUT2D eigenvalue weighted by Gasteiger charge is 2.15. The molecule has 2 N–H and O–H groups in total. The van der Waals surface area contributed by atoms with E-state index in [1.165, 1.54) is 12.1 Å². The second-order valence-corrected chi connectivity index (χ2v) is 4.05. The van der Waals surface area contributed by atoms with Gasteiger partial charge in [-0.05, 0) is 30.7 Å². The number of halogens is 1. The van der Waals surface area contributed by atoms with Crippen molar-refractivity contribution < 1.29 is 8.91 Å². The minimum atomic E-state index is -0.277. The van der Waals surface area contributed by atoms with Crippen molar-refractivity contribution in [3.63, 3.8) is 0 Å². The highest BCUT2D eigenvalue weighted by molar-refractivity contribution is 5.57. The molecule has 0 amide bonds. The molecule has 5 heteroatoms. The molecule has 0 aliphatic carbocycles. The van der Waals surface area contributed by atoms with E-state index >= 15 is 0 Å². The van der Waals surface area contributed by atoms with Gasteiger partial charge in [0.1, 0.15) is 5.82 Å². The van der Waals surface area contributed by atoms with Crippen LogP contribution in [0, 0.1) is 12.7 Å². The summed E-state index contributed by atoms with van der Waals surface area (Å²) in [5, 5.41) is 3.87. The van der Waals surface area contributed by atoms with Crippen molar-refractivity contribution in [3.8, 4) is 11.5 Å². The van der Waals surface area contributed by atoms with Crippen molar-refractivity contribution in [2.75, 3.05) is 6.54 Å². The van der Waals surface area contributed by atoms with Crippen molar-refractivity contribution in [2.45, 2.75) is 19.8 Å². The van der Waals surface area contributed by atoms with Gasteiger partial charge < -0.3 is 10.3 Å². The van der Waals surface area contributed by atoms with E-state index in [1.54, 1.807) is 13.0 Å². The van der Waals surface area contributed by atoms with Crippen LogP contribution in [0.2, 0.25) is 0 Å². The average Bonchev–Trinajstić information content (AvgIpc) is 2.77. The van der Waals surface area contributed by atoms with Crippen LogP contribution >= 0.6 is 0 Å². The van der Waals surface area contributed by atoms with Gasteiger partial charge in [0.15, 0.2) is 5.82 Å². The number of hydrogen-bond acceptors (Lipinski definition) is 4. The van der Waals surface area contributed by atoms with Crippen LogP contribution in [0.3, 0.4) is 0 Å². The van der Waals surface area contributed by atoms with Gasteiger partial charge in [-0.3, -0.25) is 0 Å². The Kier molecular flexibility index (Phi) is 3.19. The fourth-order valence-corrected chi connectivity index (χ4v) is 1.52. The Labute approximate surface area is 98.6 Å². The molecular formula is C12H14FN3O. The summed E-state index contributed by atoms with van der Waals surface area (Å²) in [6.07, 6.45) is 0. The summed E-state index contributed by atoms with van der Waals surface area (Å²) in [4.78, 5) is 4.26. The molecule has 4 nitrogen and oxygen atoms in total. The lowest BCUT2D eigenvalue weighted by Gasteiger charge is -2.00. The van der Waals surface area contributed by atoms with Crippen LogP contribution in [0.15, 0.2) is 22.7 Å². The topological polar surface area (TPSA) is 64.9 Å². The monoisotopic (exact) mass is 235 g/mol. The van der Waals surface area contributed by atoms with Crippen LogP contribution < -0.4 is 5.73 Å². The highest BCUT2D eigenvalue weighted by atomic mass is 19.1. The minimum Gasteiger partial charge on any atom is -0.334 e. The summed E-state index contributed by atoms with van der Waals surface area (Å²) in [6.45, 7) is 4.18.